The van der Waals surface area contributed by atoms with Crippen LogP contribution in [-0.2, 0) is 0 Å². The number of rotatable bonds is 5. The lowest BCUT2D eigenvalue weighted by Crippen LogP contribution is -2.01. The Balaban J connectivity index is 1.86. The number of benzene rings is 2. The molecule has 0 spiro atoms. The van der Waals surface area contributed by atoms with E-state index < -0.39 is 0 Å². The third kappa shape index (κ3) is 4.98. The van der Waals surface area contributed by atoms with Crippen LogP contribution in [0.4, 0.5) is 11.6 Å². The van der Waals surface area contributed by atoms with Gasteiger partial charge in [0.2, 0.25) is 11.8 Å². The van der Waals surface area contributed by atoms with Crippen LogP contribution in [0.3, 0.4) is 0 Å². The monoisotopic (exact) mass is 445 g/mol. The summed E-state index contributed by atoms with van der Waals surface area (Å²) in [6.45, 7) is 3.88. The van der Waals surface area contributed by atoms with E-state index in [4.69, 9.17) is 15.3 Å². The summed E-state index contributed by atoms with van der Waals surface area (Å²) < 4.78 is 6.70. The topological polar surface area (TPSA) is 94.6 Å². The first-order valence-electron chi connectivity index (χ1n) is 8.65. The summed E-state index contributed by atoms with van der Waals surface area (Å²) in [6.07, 6.45) is 4.81. The van der Waals surface area contributed by atoms with Crippen molar-refractivity contribution in [1.82, 2.24) is 9.97 Å². The average molecular weight is 446 g/mol. The van der Waals surface area contributed by atoms with Crippen molar-refractivity contribution < 1.29 is 4.74 Å². The molecule has 0 amide bonds. The summed E-state index contributed by atoms with van der Waals surface area (Å²) in [4.78, 5) is 8.70. The van der Waals surface area contributed by atoms with Gasteiger partial charge in [0.15, 0.2) is 0 Å². The third-order valence-corrected chi connectivity index (χ3v) is 4.56. The molecule has 1 N–H and O–H groups in total. The number of allylic oxidation sites excluding steroid dienone is 1. The molecule has 3 aromatic rings. The second-order valence-corrected chi connectivity index (χ2v) is 7.06. The summed E-state index contributed by atoms with van der Waals surface area (Å²) in [5.74, 6) is 1.45. The van der Waals surface area contributed by atoms with Gasteiger partial charge in [-0.3, -0.25) is 0 Å². The summed E-state index contributed by atoms with van der Waals surface area (Å²) >= 11 is 3.43. The molecule has 0 unspecified atom stereocenters. The van der Waals surface area contributed by atoms with Crippen LogP contribution in [0.1, 0.15) is 22.3 Å². The van der Waals surface area contributed by atoms with Crippen molar-refractivity contribution in [3.05, 3.63) is 75.4 Å². The zero-order valence-corrected chi connectivity index (χ0v) is 17.4. The molecule has 2 aromatic carbocycles. The van der Waals surface area contributed by atoms with Crippen molar-refractivity contribution in [2.75, 3.05) is 5.32 Å². The maximum Gasteiger partial charge on any atom is 0.238 e. The first kappa shape index (κ1) is 20.1. The fourth-order valence-electron chi connectivity index (χ4n) is 2.71. The number of aryl methyl sites for hydroxylation is 2. The number of nitrogens with zero attached hydrogens (tertiary/aromatic N) is 4. The number of hydrogen-bond acceptors (Lipinski definition) is 6. The Bertz CT molecular complexity index is 1130. The normalized spacial score (nSPS) is 10.4. The van der Waals surface area contributed by atoms with Crippen LogP contribution in [0.15, 0.2) is 53.1 Å². The minimum atomic E-state index is 0.372. The van der Waals surface area contributed by atoms with Gasteiger partial charge in [0.25, 0.3) is 0 Å². The largest absolute Gasteiger partial charge is 0.437 e. The highest BCUT2D eigenvalue weighted by Gasteiger charge is 2.12. The molecule has 0 saturated carbocycles. The summed E-state index contributed by atoms with van der Waals surface area (Å²) in [7, 11) is 0. The number of nitrogens with one attached hydrogen (secondary N) is 1. The number of halogens is 1. The SMILES string of the molecule is Cc1cc(C=CC#N)cc(C)c1Oc1nc(Nc2ccc(C#N)cc2)ncc1Br. The van der Waals surface area contributed by atoms with Gasteiger partial charge in [-0.1, -0.05) is 0 Å². The Morgan fingerprint density at radius 1 is 1.10 bits per heavy atom. The van der Waals surface area contributed by atoms with E-state index in [0.29, 0.717) is 27.6 Å². The number of hydrogen-bond donors (Lipinski definition) is 1. The second-order valence-electron chi connectivity index (χ2n) is 6.21. The van der Waals surface area contributed by atoms with Crippen LogP contribution < -0.4 is 10.1 Å². The smallest absolute Gasteiger partial charge is 0.238 e. The molecule has 0 atom stereocenters. The lowest BCUT2D eigenvalue weighted by Gasteiger charge is -2.14. The second kappa shape index (κ2) is 9.01. The standard InChI is InChI=1S/C22H16BrN5O/c1-14-10-17(4-3-9-24)11-15(2)20(14)29-21-19(23)13-26-22(28-21)27-18-7-5-16(12-25)6-8-18/h3-8,10-11,13H,1-2H3,(H,26,27,28). The molecule has 0 radical (unpaired) electrons. The van der Waals surface area contributed by atoms with Crippen molar-refractivity contribution in [3.8, 4) is 23.8 Å². The van der Waals surface area contributed by atoms with Gasteiger partial charge in [-0.2, -0.15) is 15.5 Å². The van der Waals surface area contributed by atoms with Gasteiger partial charge in [0.1, 0.15) is 5.75 Å². The molecule has 0 saturated heterocycles. The Kier molecular flexibility index (Phi) is 6.23. The predicted molar refractivity (Wildman–Crippen MR) is 115 cm³/mol. The molecule has 0 aliphatic heterocycles. The molecule has 0 aliphatic carbocycles. The average Bonchev–Trinajstić information content (AvgIpc) is 2.72. The summed E-state index contributed by atoms with van der Waals surface area (Å²) in [5, 5.41) is 20.7. The molecule has 3 rings (SSSR count). The lowest BCUT2D eigenvalue weighted by molar-refractivity contribution is 0.452. The Labute approximate surface area is 177 Å². The highest BCUT2D eigenvalue weighted by Crippen LogP contribution is 2.33. The van der Waals surface area contributed by atoms with Crippen LogP contribution in [0.5, 0.6) is 11.6 Å². The highest BCUT2D eigenvalue weighted by atomic mass is 79.9. The molecule has 142 valence electrons. The van der Waals surface area contributed by atoms with Crippen LogP contribution in [0.25, 0.3) is 6.08 Å². The van der Waals surface area contributed by atoms with E-state index in [0.717, 1.165) is 22.4 Å². The minimum Gasteiger partial charge on any atom is -0.437 e. The van der Waals surface area contributed by atoms with Gasteiger partial charge in [-0.05, 0) is 88.9 Å². The number of anilines is 2. The van der Waals surface area contributed by atoms with E-state index in [1.54, 1.807) is 36.5 Å². The molecular weight excluding hydrogens is 430 g/mol. The number of aromatic nitrogens is 2. The van der Waals surface area contributed by atoms with Gasteiger partial charge in [-0.15, -0.1) is 0 Å². The Hall–Kier alpha value is -3.68. The zero-order valence-electron chi connectivity index (χ0n) is 15.8. The summed E-state index contributed by atoms with van der Waals surface area (Å²) in [6, 6.07) is 15.0. The molecule has 0 aliphatic rings. The van der Waals surface area contributed by atoms with E-state index in [2.05, 4.69) is 37.3 Å². The fourth-order valence-corrected chi connectivity index (χ4v) is 2.98. The van der Waals surface area contributed by atoms with Crippen LogP contribution in [0, 0.1) is 36.5 Å². The van der Waals surface area contributed by atoms with Crippen molar-refractivity contribution in [1.29, 1.82) is 10.5 Å². The third-order valence-electron chi connectivity index (χ3n) is 4.01. The molecular formula is C22H16BrN5O. The van der Waals surface area contributed by atoms with Crippen molar-refractivity contribution in [3.63, 3.8) is 0 Å². The minimum absolute atomic E-state index is 0.372. The fraction of sp³-hybridized carbons (Fsp3) is 0.0909. The van der Waals surface area contributed by atoms with Gasteiger partial charge in [0.05, 0.1) is 28.4 Å². The van der Waals surface area contributed by atoms with Gasteiger partial charge >= 0.3 is 0 Å². The van der Waals surface area contributed by atoms with Crippen LogP contribution in [-0.4, -0.2) is 9.97 Å². The maximum absolute atomic E-state index is 8.89. The van der Waals surface area contributed by atoms with E-state index >= 15 is 0 Å². The Morgan fingerprint density at radius 2 is 1.79 bits per heavy atom. The molecule has 7 heteroatoms. The number of nitriles is 2. The molecule has 6 nitrogen and oxygen atoms in total. The molecule has 0 bridgehead atoms. The van der Waals surface area contributed by atoms with Crippen LogP contribution >= 0.6 is 15.9 Å². The van der Waals surface area contributed by atoms with Crippen molar-refractivity contribution in [2.45, 2.75) is 13.8 Å². The van der Waals surface area contributed by atoms with E-state index in [-0.39, 0.29) is 0 Å². The zero-order chi connectivity index (χ0) is 20.8. The van der Waals surface area contributed by atoms with Crippen LogP contribution in [0.2, 0.25) is 0 Å². The first-order chi connectivity index (χ1) is 14.0. The van der Waals surface area contributed by atoms with E-state index in [1.165, 1.54) is 6.08 Å². The first-order valence-corrected chi connectivity index (χ1v) is 9.44. The maximum atomic E-state index is 8.89. The highest BCUT2D eigenvalue weighted by molar-refractivity contribution is 9.10. The van der Waals surface area contributed by atoms with E-state index in [1.807, 2.05) is 32.0 Å². The quantitative estimate of drug-likeness (QED) is 0.498. The molecule has 1 aromatic heterocycles. The summed E-state index contributed by atoms with van der Waals surface area (Å²) in [5.41, 5.74) is 4.12. The van der Waals surface area contributed by atoms with E-state index in [9.17, 15) is 0 Å². The van der Waals surface area contributed by atoms with Crippen molar-refractivity contribution >= 4 is 33.6 Å². The molecule has 0 fully saturated rings. The van der Waals surface area contributed by atoms with Gasteiger partial charge in [-0.25, -0.2) is 4.98 Å². The Morgan fingerprint density at radius 3 is 2.41 bits per heavy atom. The lowest BCUT2D eigenvalue weighted by atomic mass is 10.1. The van der Waals surface area contributed by atoms with Crippen molar-refractivity contribution in [2.24, 2.45) is 0 Å². The molecule has 1 heterocycles. The van der Waals surface area contributed by atoms with Gasteiger partial charge < -0.3 is 10.1 Å². The van der Waals surface area contributed by atoms with Gasteiger partial charge in [0, 0.05) is 11.8 Å². The molecule has 29 heavy (non-hydrogen) atoms. The predicted octanol–water partition coefficient (Wildman–Crippen LogP) is 5.80. The number of ether oxygens (including phenoxy) is 1.